The molecule has 0 spiro atoms. The van der Waals surface area contributed by atoms with Gasteiger partial charge >= 0.3 is 0 Å². The van der Waals surface area contributed by atoms with Gasteiger partial charge in [-0.3, -0.25) is 14.5 Å². The molecule has 1 saturated heterocycles. The molecule has 4 rings (SSSR count). The molecule has 1 atom stereocenters. The molecule has 164 valence electrons. The first-order valence-corrected chi connectivity index (χ1v) is 10.5. The number of amides is 1. The van der Waals surface area contributed by atoms with Gasteiger partial charge in [0.15, 0.2) is 5.75 Å². The van der Waals surface area contributed by atoms with E-state index in [1.54, 1.807) is 30.3 Å². The van der Waals surface area contributed by atoms with Crippen molar-refractivity contribution < 1.29 is 23.8 Å². The van der Waals surface area contributed by atoms with Gasteiger partial charge in [-0.2, -0.15) is 0 Å². The van der Waals surface area contributed by atoms with Crippen LogP contribution in [0.2, 0.25) is 15.1 Å². The lowest BCUT2D eigenvalue weighted by atomic mass is 9.99. The van der Waals surface area contributed by atoms with Crippen molar-refractivity contribution in [3.8, 4) is 5.75 Å². The number of anilines is 1. The fourth-order valence-corrected chi connectivity index (χ4v) is 4.41. The zero-order chi connectivity index (χ0) is 23.2. The highest BCUT2D eigenvalue weighted by Gasteiger charge is 2.48. The van der Waals surface area contributed by atoms with Crippen molar-refractivity contribution in [2.24, 2.45) is 0 Å². The lowest BCUT2D eigenvalue weighted by Crippen LogP contribution is -2.29. The van der Waals surface area contributed by atoms with E-state index in [1.807, 2.05) is 6.92 Å². The van der Waals surface area contributed by atoms with Crippen molar-refractivity contribution in [3.63, 3.8) is 0 Å². The smallest absolute Gasteiger partial charge is 0.300 e. The Morgan fingerprint density at radius 2 is 1.75 bits per heavy atom. The third-order valence-electron chi connectivity index (χ3n) is 5.17. The van der Waals surface area contributed by atoms with Gasteiger partial charge in [0.25, 0.3) is 11.7 Å². The highest BCUT2D eigenvalue weighted by Crippen LogP contribution is 2.44. The number of benzene rings is 2. The fourth-order valence-electron chi connectivity index (χ4n) is 3.59. The average Bonchev–Trinajstić information content (AvgIpc) is 3.36. The van der Waals surface area contributed by atoms with Crippen molar-refractivity contribution in [3.05, 3.63) is 86.3 Å². The van der Waals surface area contributed by atoms with Gasteiger partial charge in [0, 0.05) is 16.3 Å². The van der Waals surface area contributed by atoms with Crippen LogP contribution in [0, 0.1) is 6.92 Å². The van der Waals surface area contributed by atoms with Crippen molar-refractivity contribution in [2.45, 2.75) is 13.0 Å². The highest BCUT2D eigenvalue weighted by molar-refractivity contribution is 6.52. The van der Waals surface area contributed by atoms with Gasteiger partial charge in [-0.05, 0) is 48.9 Å². The average molecular weight is 493 g/mol. The van der Waals surface area contributed by atoms with Gasteiger partial charge in [-0.1, -0.05) is 40.9 Å². The van der Waals surface area contributed by atoms with Crippen molar-refractivity contribution in [1.29, 1.82) is 0 Å². The lowest BCUT2D eigenvalue weighted by Gasteiger charge is -2.24. The Hall–Kier alpha value is -2.93. The van der Waals surface area contributed by atoms with Crippen LogP contribution in [-0.2, 0) is 9.59 Å². The van der Waals surface area contributed by atoms with E-state index >= 15 is 0 Å². The second-order valence-electron chi connectivity index (χ2n) is 7.09. The Bertz CT molecular complexity index is 1240. The van der Waals surface area contributed by atoms with E-state index in [9.17, 15) is 14.7 Å². The molecular weight excluding hydrogens is 477 g/mol. The molecule has 0 saturated carbocycles. The summed E-state index contributed by atoms with van der Waals surface area (Å²) in [6, 6.07) is 10.00. The molecule has 0 bridgehead atoms. The minimum atomic E-state index is -1.02. The number of aliphatic hydroxyl groups is 1. The first-order chi connectivity index (χ1) is 15.2. The maximum atomic E-state index is 13.1. The van der Waals surface area contributed by atoms with Crippen LogP contribution in [-0.4, -0.2) is 23.9 Å². The lowest BCUT2D eigenvalue weighted by molar-refractivity contribution is -0.132. The summed E-state index contributed by atoms with van der Waals surface area (Å²) >= 11 is 18.7. The number of hydrogen-bond donors (Lipinski definition) is 1. The van der Waals surface area contributed by atoms with Crippen LogP contribution >= 0.6 is 34.8 Å². The van der Waals surface area contributed by atoms with Gasteiger partial charge < -0.3 is 14.3 Å². The van der Waals surface area contributed by atoms with Crippen LogP contribution in [0.25, 0.3) is 5.76 Å². The summed E-state index contributed by atoms with van der Waals surface area (Å²) in [4.78, 5) is 27.4. The minimum Gasteiger partial charge on any atom is -0.507 e. The van der Waals surface area contributed by atoms with E-state index in [2.05, 4.69) is 0 Å². The maximum absolute atomic E-state index is 13.1. The number of methoxy groups -OCH3 is 1. The summed E-state index contributed by atoms with van der Waals surface area (Å²) in [5, 5.41) is 11.8. The van der Waals surface area contributed by atoms with Crippen LogP contribution in [0.1, 0.15) is 22.9 Å². The Kier molecular flexibility index (Phi) is 5.95. The number of ketones is 1. The number of hydrogen-bond acceptors (Lipinski definition) is 5. The zero-order valence-electron chi connectivity index (χ0n) is 16.9. The van der Waals surface area contributed by atoms with Gasteiger partial charge in [-0.25, -0.2) is 0 Å². The SMILES string of the molecule is COc1c(Cl)cc(/C(O)=C2/C(=O)C(=O)N(c3ccc(C)c(Cl)c3)C2c2ccco2)cc1Cl. The van der Waals surface area contributed by atoms with Crippen LogP contribution in [0.15, 0.2) is 58.7 Å². The van der Waals surface area contributed by atoms with Crippen LogP contribution < -0.4 is 9.64 Å². The number of carbonyl (C=O) groups excluding carboxylic acids is 2. The number of Topliss-reactive ketones (excluding diaryl/α,β-unsaturated/α-hetero) is 1. The molecule has 1 unspecified atom stereocenters. The highest BCUT2D eigenvalue weighted by atomic mass is 35.5. The second-order valence-corrected chi connectivity index (χ2v) is 8.31. The van der Waals surface area contributed by atoms with Crippen LogP contribution in [0.5, 0.6) is 5.75 Å². The summed E-state index contributed by atoms with van der Waals surface area (Å²) < 4.78 is 10.7. The normalized spacial score (nSPS) is 17.8. The van der Waals surface area contributed by atoms with Crippen molar-refractivity contribution >= 4 is 57.9 Å². The van der Waals surface area contributed by atoms with E-state index in [0.29, 0.717) is 10.7 Å². The number of halogens is 3. The van der Waals surface area contributed by atoms with Crippen molar-refractivity contribution in [1.82, 2.24) is 0 Å². The van der Waals surface area contributed by atoms with Gasteiger partial charge in [0.2, 0.25) is 0 Å². The van der Waals surface area contributed by atoms with Crippen LogP contribution in [0.4, 0.5) is 5.69 Å². The van der Waals surface area contributed by atoms with Crippen LogP contribution in [0.3, 0.4) is 0 Å². The molecule has 32 heavy (non-hydrogen) atoms. The summed E-state index contributed by atoms with van der Waals surface area (Å²) in [7, 11) is 1.40. The molecule has 1 aliphatic rings. The summed E-state index contributed by atoms with van der Waals surface area (Å²) in [5.74, 6) is -1.66. The topological polar surface area (TPSA) is 80.0 Å². The first kappa shape index (κ1) is 22.3. The molecule has 2 aromatic carbocycles. The number of carbonyl (C=O) groups is 2. The number of nitrogens with zero attached hydrogens (tertiary/aromatic N) is 1. The molecule has 1 amide bonds. The Morgan fingerprint density at radius 3 is 2.31 bits per heavy atom. The molecule has 9 heteroatoms. The maximum Gasteiger partial charge on any atom is 0.300 e. The number of furan rings is 1. The molecule has 1 aliphatic heterocycles. The molecule has 0 radical (unpaired) electrons. The monoisotopic (exact) mass is 491 g/mol. The standard InChI is InChI=1S/C23H16Cl3NO5/c1-11-5-6-13(10-14(11)24)27-19(17-4-3-7-32-17)18(21(29)23(27)30)20(28)12-8-15(25)22(31-2)16(26)9-12/h3-10,19,28H,1-2H3/b20-18-. The zero-order valence-corrected chi connectivity index (χ0v) is 19.1. The molecule has 3 aromatic rings. The summed E-state index contributed by atoms with van der Waals surface area (Å²) in [5.41, 5.74) is 1.18. The number of aliphatic hydroxyl groups excluding tert-OH is 1. The van der Waals surface area contributed by atoms with Gasteiger partial charge in [-0.15, -0.1) is 0 Å². The predicted molar refractivity (Wildman–Crippen MR) is 123 cm³/mol. The molecule has 1 fully saturated rings. The molecular formula is C23H16Cl3NO5. The van der Waals surface area contributed by atoms with E-state index in [4.69, 9.17) is 44.0 Å². The third kappa shape index (κ3) is 3.64. The molecule has 6 nitrogen and oxygen atoms in total. The second kappa shape index (κ2) is 8.54. The summed E-state index contributed by atoms with van der Waals surface area (Å²) in [6.07, 6.45) is 1.42. The Morgan fingerprint density at radius 1 is 1.06 bits per heavy atom. The Balaban J connectivity index is 1.94. The predicted octanol–water partition coefficient (Wildman–Crippen LogP) is 6.18. The molecule has 1 aromatic heterocycles. The van der Waals surface area contributed by atoms with Gasteiger partial charge in [0.1, 0.15) is 17.6 Å². The fraction of sp³-hybridized carbons (Fsp3) is 0.130. The van der Waals surface area contributed by atoms with E-state index in [-0.39, 0.29) is 32.7 Å². The van der Waals surface area contributed by atoms with E-state index < -0.39 is 23.5 Å². The van der Waals surface area contributed by atoms with E-state index in [0.717, 1.165) is 5.56 Å². The quantitative estimate of drug-likeness (QED) is 0.267. The first-order valence-electron chi connectivity index (χ1n) is 9.38. The van der Waals surface area contributed by atoms with E-state index in [1.165, 1.54) is 30.4 Å². The molecule has 1 N–H and O–H groups in total. The molecule has 2 heterocycles. The number of ether oxygens (including phenoxy) is 1. The number of rotatable bonds is 4. The largest absolute Gasteiger partial charge is 0.507 e. The summed E-state index contributed by atoms with van der Waals surface area (Å²) in [6.45, 7) is 1.82. The Labute approximate surface area is 198 Å². The van der Waals surface area contributed by atoms with Gasteiger partial charge in [0.05, 0.1) is 29.0 Å². The molecule has 0 aliphatic carbocycles. The van der Waals surface area contributed by atoms with Crippen molar-refractivity contribution in [2.75, 3.05) is 12.0 Å². The number of aryl methyl sites for hydroxylation is 1. The minimum absolute atomic E-state index is 0.135. The third-order valence-corrected chi connectivity index (χ3v) is 6.14.